The second kappa shape index (κ2) is 4.87. The number of benzene rings is 1. The number of nitrogens with one attached hydrogen (secondary N) is 1. The van der Waals surface area contributed by atoms with Gasteiger partial charge in [0.05, 0.1) is 12.0 Å². The highest BCUT2D eigenvalue weighted by molar-refractivity contribution is 5.63. The average Bonchev–Trinajstić information content (AvgIpc) is 2.34. The van der Waals surface area contributed by atoms with Crippen LogP contribution in [0.4, 0.5) is 13.2 Å². The fourth-order valence-corrected chi connectivity index (χ4v) is 1.87. The fourth-order valence-electron chi connectivity index (χ4n) is 1.87. The molecule has 0 unspecified atom stereocenters. The summed E-state index contributed by atoms with van der Waals surface area (Å²) in [6.45, 7) is 3.51. The molecular weight excluding hydrogens is 257 g/mol. The lowest BCUT2D eigenvalue weighted by Crippen LogP contribution is -2.16. The lowest BCUT2D eigenvalue weighted by atomic mass is 9.98. The molecule has 3 nitrogen and oxygen atoms in total. The molecule has 0 aliphatic carbocycles. The van der Waals surface area contributed by atoms with Crippen LogP contribution in [0.2, 0.25) is 0 Å². The monoisotopic (exact) mass is 268 g/mol. The van der Waals surface area contributed by atoms with Gasteiger partial charge in [0.15, 0.2) is 17.5 Å². The van der Waals surface area contributed by atoms with E-state index in [1.165, 1.54) is 0 Å². The summed E-state index contributed by atoms with van der Waals surface area (Å²) in [5.41, 5.74) is 0.0980. The van der Waals surface area contributed by atoms with Gasteiger partial charge < -0.3 is 4.98 Å². The van der Waals surface area contributed by atoms with E-state index in [4.69, 9.17) is 0 Å². The predicted octanol–water partition coefficient (Wildman–Crippen LogP) is 2.98. The SMILES string of the molecule is CC(C)c1c(-c2cc(F)c(F)c(F)c2)nc[nH]c1=O. The number of halogens is 3. The molecule has 0 saturated heterocycles. The van der Waals surface area contributed by atoms with Gasteiger partial charge in [0.2, 0.25) is 0 Å². The van der Waals surface area contributed by atoms with E-state index in [2.05, 4.69) is 9.97 Å². The molecular formula is C13H11F3N2O. The molecule has 100 valence electrons. The van der Waals surface area contributed by atoms with Crippen molar-refractivity contribution in [3.63, 3.8) is 0 Å². The van der Waals surface area contributed by atoms with Crippen LogP contribution >= 0.6 is 0 Å². The van der Waals surface area contributed by atoms with Crippen LogP contribution in [0.3, 0.4) is 0 Å². The molecule has 1 heterocycles. The maximum atomic E-state index is 13.2. The summed E-state index contributed by atoms with van der Waals surface area (Å²) in [5.74, 6) is -4.36. The summed E-state index contributed by atoms with van der Waals surface area (Å²) in [6, 6.07) is 1.65. The maximum Gasteiger partial charge on any atom is 0.254 e. The summed E-state index contributed by atoms with van der Waals surface area (Å²) in [5, 5.41) is 0. The Morgan fingerprint density at radius 3 is 2.26 bits per heavy atom. The minimum absolute atomic E-state index is 0.0335. The zero-order chi connectivity index (χ0) is 14.2. The number of H-pyrrole nitrogens is 1. The molecule has 0 aliphatic rings. The maximum absolute atomic E-state index is 13.2. The molecule has 2 aromatic rings. The van der Waals surface area contributed by atoms with Gasteiger partial charge in [-0.3, -0.25) is 4.79 Å². The van der Waals surface area contributed by atoms with Gasteiger partial charge in [-0.25, -0.2) is 18.2 Å². The highest BCUT2D eigenvalue weighted by atomic mass is 19.2. The molecule has 19 heavy (non-hydrogen) atoms. The third-order valence-electron chi connectivity index (χ3n) is 2.72. The molecule has 0 spiro atoms. The zero-order valence-corrected chi connectivity index (χ0v) is 10.3. The molecule has 1 aromatic heterocycles. The summed E-state index contributed by atoms with van der Waals surface area (Å²) < 4.78 is 39.4. The van der Waals surface area contributed by atoms with Crippen molar-refractivity contribution < 1.29 is 13.2 Å². The van der Waals surface area contributed by atoms with E-state index < -0.39 is 17.5 Å². The Morgan fingerprint density at radius 2 is 1.74 bits per heavy atom. The summed E-state index contributed by atoms with van der Waals surface area (Å²) in [7, 11) is 0. The molecule has 6 heteroatoms. The first kappa shape index (κ1) is 13.3. The van der Waals surface area contributed by atoms with Crippen LogP contribution in [-0.4, -0.2) is 9.97 Å². The second-order valence-corrected chi connectivity index (χ2v) is 4.40. The van der Waals surface area contributed by atoms with Crippen LogP contribution in [-0.2, 0) is 0 Å². The third-order valence-corrected chi connectivity index (χ3v) is 2.72. The van der Waals surface area contributed by atoms with Gasteiger partial charge in [-0.1, -0.05) is 13.8 Å². The lowest BCUT2D eigenvalue weighted by molar-refractivity contribution is 0.447. The van der Waals surface area contributed by atoms with E-state index in [1.54, 1.807) is 13.8 Å². The van der Waals surface area contributed by atoms with Gasteiger partial charge in [-0.2, -0.15) is 0 Å². The Bertz CT molecular complexity index is 657. The van der Waals surface area contributed by atoms with Crippen molar-refractivity contribution in [3.05, 3.63) is 51.8 Å². The van der Waals surface area contributed by atoms with Crippen LogP contribution in [0, 0.1) is 17.5 Å². The standard InChI is InChI=1S/C13H11F3N2O/c1-6(2)10-12(17-5-18-13(10)19)7-3-8(14)11(16)9(15)4-7/h3-6H,1-2H3,(H,17,18,19). The average molecular weight is 268 g/mol. The summed E-state index contributed by atoms with van der Waals surface area (Å²) >= 11 is 0. The van der Waals surface area contributed by atoms with Crippen molar-refractivity contribution in [2.24, 2.45) is 0 Å². The Morgan fingerprint density at radius 1 is 1.16 bits per heavy atom. The molecule has 0 radical (unpaired) electrons. The zero-order valence-electron chi connectivity index (χ0n) is 10.3. The molecule has 0 amide bonds. The van der Waals surface area contributed by atoms with Crippen LogP contribution < -0.4 is 5.56 Å². The Kier molecular flexibility index (Phi) is 3.42. The normalized spacial score (nSPS) is 11.1. The van der Waals surface area contributed by atoms with E-state index in [-0.39, 0.29) is 22.7 Å². The third kappa shape index (κ3) is 2.38. The van der Waals surface area contributed by atoms with Crippen molar-refractivity contribution in [3.8, 4) is 11.3 Å². The van der Waals surface area contributed by atoms with Crippen LogP contribution in [0.1, 0.15) is 25.3 Å². The van der Waals surface area contributed by atoms with Crippen molar-refractivity contribution in [1.29, 1.82) is 0 Å². The van der Waals surface area contributed by atoms with Crippen molar-refractivity contribution in [2.75, 3.05) is 0 Å². The Labute approximate surface area is 107 Å². The van der Waals surface area contributed by atoms with Gasteiger partial charge in [0.25, 0.3) is 5.56 Å². The molecule has 2 rings (SSSR count). The quantitative estimate of drug-likeness (QED) is 0.851. The number of aromatic amines is 1. The van der Waals surface area contributed by atoms with Crippen LogP contribution in [0.15, 0.2) is 23.3 Å². The van der Waals surface area contributed by atoms with Gasteiger partial charge in [-0.15, -0.1) is 0 Å². The van der Waals surface area contributed by atoms with Gasteiger partial charge >= 0.3 is 0 Å². The minimum atomic E-state index is -1.54. The predicted molar refractivity (Wildman–Crippen MR) is 64.3 cm³/mol. The first-order chi connectivity index (χ1) is 8.91. The molecule has 0 bridgehead atoms. The molecule has 0 fully saturated rings. The Balaban J connectivity index is 2.73. The first-order valence-electron chi connectivity index (χ1n) is 5.64. The highest BCUT2D eigenvalue weighted by Gasteiger charge is 2.18. The van der Waals surface area contributed by atoms with Crippen LogP contribution in [0.25, 0.3) is 11.3 Å². The number of aromatic nitrogens is 2. The van der Waals surface area contributed by atoms with Crippen molar-refractivity contribution in [1.82, 2.24) is 9.97 Å². The Hall–Kier alpha value is -2.11. The van der Waals surface area contributed by atoms with E-state index in [0.29, 0.717) is 5.56 Å². The molecule has 0 saturated carbocycles. The van der Waals surface area contributed by atoms with Gasteiger partial charge in [-0.05, 0) is 18.1 Å². The van der Waals surface area contributed by atoms with E-state index in [1.807, 2.05) is 0 Å². The number of rotatable bonds is 2. The highest BCUT2D eigenvalue weighted by Crippen LogP contribution is 2.26. The second-order valence-electron chi connectivity index (χ2n) is 4.40. The first-order valence-corrected chi connectivity index (χ1v) is 5.64. The van der Waals surface area contributed by atoms with Crippen molar-refractivity contribution in [2.45, 2.75) is 19.8 Å². The number of hydrogen-bond donors (Lipinski definition) is 1. The van der Waals surface area contributed by atoms with Gasteiger partial charge in [0, 0.05) is 11.1 Å². The summed E-state index contributed by atoms with van der Waals surface area (Å²) in [6.07, 6.45) is 1.14. The molecule has 0 atom stereocenters. The smallest absolute Gasteiger partial charge is 0.254 e. The van der Waals surface area contributed by atoms with Crippen LogP contribution in [0.5, 0.6) is 0 Å². The molecule has 1 aromatic carbocycles. The largest absolute Gasteiger partial charge is 0.313 e. The van der Waals surface area contributed by atoms with E-state index in [9.17, 15) is 18.0 Å². The van der Waals surface area contributed by atoms with Crippen molar-refractivity contribution >= 4 is 0 Å². The number of nitrogens with zero attached hydrogens (tertiary/aromatic N) is 1. The summed E-state index contributed by atoms with van der Waals surface area (Å²) in [4.78, 5) is 18.1. The lowest BCUT2D eigenvalue weighted by Gasteiger charge is -2.10. The topological polar surface area (TPSA) is 45.8 Å². The fraction of sp³-hybridized carbons (Fsp3) is 0.231. The van der Waals surface area contributed by atoms with E-state index >= 15 is 0 Å². The molecule has 0 aliphatic heterocycles. The minimum Gasteiger partial charge on any atom is -0.313 e. The number of hydrogen-bond acceptors (Lipinski definition) is 2. The molecule has 1 N–H and O–H groups in total. The van der Waals surface area contributed by atoms with Gasteiger partial charge in [0.1, 0.15) is 0 Å². The van der Waals surface area contributed by atoms with E-state index in [0.717, 1.165) is 18.5 Å².